The van der Waals surface area contributed by atoms with E-state index in [4.69, 9.17) is 0 Å². The van der Waals surface area contributed by atoms with Crippen LogP contribution in [0.4, 0.5) is 34.1 Å². The van der Waals surface area contributed by atoms with Gasteiger partial charge < -0.3 is 4.90 Å². The van der Waals surface area contributed by atoms with Crippen molar-refractivity contribution in [2.75, 3.05) is 9.80 Å². The molecule has 0 aliphatic rings. The number of hydrogen-bond acceptors (Lipinski definition) is 2. The molecule has 0 radical (unpaired) electrons. The quantitative estimate of drug-likeness (QED) is 0.119. The Kier molecular flexibility index (Phi) is 11.3. The molecule has 0 N–H and O–H groups in total. The van der Waals surface area contributed by atoms with Crippen molar-refractivity contribution in [3.8, 4) is 55.6 Å². The predicted octanol–water partition coefficient (Wildman–Crippen LogP) is 18.3. The monoisotopic (exact) mass is 946 g/mol. The van der Waals surface area contributed by atoms with Gasteiger partial charge in [0.05, 0.1) is 0 Å². The van der Waals surface area contributed by atoms with Crippen LogP contribution in [0, 0.1) is 0 Å². The predicted molar refractivity (Wildman–Crippen MR) is 295 cm³/mol. The molecule has 0 fully saturated rings. The summed E-state index contributed by atoms with van der Waals surface area (Å²) in [5, 5.41) is 2.76. The van der Waals surface area contributed by atoms with Crippen molar-refractivity contribution < 1.29 is 0 Å². The molecular formula is C66H46N2Se. The van der Waals surface area contributed by atoms with Gasteiger partial charge in [-0.25, -0.2) is 0 Å². The maximum Gasteiger partial charge on any atom is -0.0374 e. The standard InChI is InChI=1S/C66H46N2Se/c1-4-13-47(14-5-1)50-23-35-56(36-24-50)67(57-37-25-51(26-38-57)48-15-6-2-7-16-48)59-41-29-53(30-42-59)54-31-43-60(44-32-54)68(58-39-27-52(28-40-58)49-17-8-3-9-18-49)61-45-33-55(34-46-61)62-20-12-21-64-63-19-10-11-22-65(63)69-66(62)64/h1-46H. The molecule has 1 heterocycles. The van der Waals surface area contributed by atoms with Crippen molar-refractivity contribution in [2.45, 2.75) is 0 Å². The van der Waals surface area contributed by atoms with Gasteiger partial charge in [0, 0.05) is 17.1 Å². The third-order valence-corrected chi connectivity index (χ3v) is 15.7. The summed E-state index contributed by atoms with van der Waals surface area (Å²) in [5.41, 5.74) is 18.7. The summed E-state index contributed by atoms with van der Waals surface area (Å²) in [4.78, 5) is 4.71. The minimum absolute atomic E-state index is 0.277. The molecule has 2 nitrogen and oxygen atoms in total. The smallest absolute Gasteiger partial charge is 0.0374 e. The second-order valence-corrected chi connectivity index (χ2v) is 19.5. The fourth-order valence-electron chi connectivity index (χ4n) is 9.57. The first-order valence-electron chi connectivity index (χ1n) is 23.5. The molecule has 0 atom stereocenters. The van der Waals surface area contributed by atoms with E-state index in [1.807, 2.05) is 0 Å². The van der Waals surface area contributed by atoms with E-state index in [0.29, 0.717) is 0 Å². The second kappa shape index (κ2) is 18.7. The summed E-state index contributed by atoms with van der Waals surface area (Å²) in [7, 11) is 0. The maximum atomic E-state index is 2.37. The fourth-order valence-corrected chi connectivity index (χ4v) is 12.2. The van der Waals surface area contributed by atoms with Crippen molar-refractivity contribution in [1.29, 1.82) is 0 Å². The van der Waals surface area contributed by atoms with Crippen molar-refractivity contribution in [3.63, 3.8) is 0 Å². The van der Waals surface area contributed by atoms with Crippen LogP contribution >= 0.6 is 0 Å². The van der Waals surface area contributed by atoms with Gasteiger partial charge in [0.2, 0.25) is 0 Å². The summed E-state index contributed by atoms with van der Waals surface area (Å²) in [6.45, 7) is 0. The summed E-state index contributed by atoms with van der Waals surface area (Å²) in [5.74, 6) is 0. The average molecular weight is 946 g/mol. The fraction of sp³-hybridized carbons (Fsp3) is 0. The third-order valence-electron chi connectivity index (χ3n) is 13.1. The zero-order valence-electron chi connectivity index (χ0n) is 37.9. The molecule has 0 amide bonds. The molecule has 11 aromatic carbocycles. The van der Waals surface area contributed by atoms with Gasteiger partial charge >= 0.3 is 204 Å². The zero-order chi connectivity index (χ0) is 45.9. The summed E-state index contributed by atoms with van der Waals surface area (Å²) < 4.78 is 2.93. The molecule has 0 aliphatic heterocycles. The molecule has 0 bridgehead atoms. The van der Waals surface area contributed by atoms with Gasteiger partial charge in [-0.1, -0.05) is 127 Å². The van der Waals surface area contributed by atoms with E-state index in [1.54, 1.807) is 0 Å². The number of fused-ring (bicyclic) bond motifs is 3. The molecule has 0 unspecified atom stereocenters. The van der Waals surface area contributed by atoms with Crippen LogP contribution in [0.1, 0.15) is 0 Å². The number of hydrogen-bond donors (Lipinski definition) is 0. The van der Waals surface area contributed by atoms with Gasteiger partial charge in [-0.15, -0.1) is 0 Å². The van der Waals surface area contributed by atoms with Crippen LogP contribution in [0.5, 0.6) is 0 Å². The average Bonchev–Trinajstić information content (AvgIpc) is 3.82. The van der Waals surface area contributed by atoms with Crippen LogP contribution in [0.25, 0.3) is 74.9 Å². The minimum atomic E-state index is 0.277. The minimum Gasteiger partial charge on any atom is -0.0617 e. The summed E-state index contributed by atoms with van der Waals surface area (Å²) in [6.07, 6.45) is 0. The van der Waals surface area contributed by atoms with E-state index in [9.17, 15) is 0 Å². The Hall–Kier alpha value is -8.46. The first kappa shape index (κ1) is 41.9. The van der Waals surface area contributed by atoms with Gasteiger partial charge in [-0.2, -0.15) is 0 Å². The van der Waals surface area contributed by atoms with Crippen LogP contribution in [0.2, 0.25) is 0 Å². The summed E-state index contributed by atoms with van der Waals surface area (Å²) >= 11 is 0.277. The van der Waals surface area contributed by atoms with Gasteiger partial charge in [0.15, 0.2) is 0 Å². The van der Waals surface area contributed by atoms with Crippen LogP contribution in [0.15, 0.2) is 279 Å². The van der Waals surface area contributed by atoms with Gasteiger partial charge in [0.25, 0.3) is 0 Å². The van der Waals surface area contributed by atoms with E-state index >= 15 is 0 Å². The molecule has 3 heteroatoms. The molecule has 12 aromatic rings. The molecule has 0 saturated heterocycles. The second-order valence-electron chi connectivity index (χ2n) is 17.3. The van der Waals surface area contributed by atoms with E-state index < -0.39 is 0 Å². The molecule has 1 aromatic heterocycles. The number of nitrogens with zero attached hydrogens (tertiary/aromatic N) is 2. The molecule has 0 aliphatic carbocycles. The number of anilines is 6. The third kappa shape index (κ3) is 8.47. The summed E-state index contributed by atoms with van der Waals surface area (Å²) in [6, 6.07) is 101. The normalized spacial score (nSPS) is 11.2. The first-order valence-corrected chi connectivity index (χ1v) is 25.2. The molecule has 0 saturated carbocycles. The van der Waals surface area contributed by atoms with Crippen molar-refractivity contribution >= 4 is 67.9 Å². The van der Waals surface area contributed by atoms with Crippen molar-refractivity contribution in [3.05, 3.63) is 279 Å². The Bertz CT molecular complexity index is 3560. The van der Waals surface area contributed by atoms with Crippen LogP contribution in [-0.4, -0.2) is 14.5 Å². The van der Waals surface area contributed by atoms with Gasteiger partial charge in [0.1, 0.15) is 0 Å². The van der Waals surface area contributed by atoms with E-state index in [-0.39, 0.29) is 14.5 Å². The SMILES string of the molecule is c1ccc(-c2ccc(N(c3ccc(-c4ccccc4)cc3)c3ccc(-c4ccc(N(c5ccc(-c6ccccc6)cc5)c5ccc(-c6cccc7c6[se]c6ccccc67)cc5)cc4)cc3)cc2)cc1. The molecular weight excluding hydrogens is 900 g/mol. The largest absolute Gasteiger partial charge is 0.0617 e. The van der Waals surface area contributed by atoms with Gasteiger partial charge in [-0.3, -0.25) is 0 Å². The molecule has 0 spiro atoms. The van der Waals surface area contributed by atoms with Crippen molar-refractivity contribution in [1.82, 2.24) is 0 Å². The topological polar surface area (TPSA) is 6.48 Å². The van der Waals surface area contributed by atoms with Crippen LogP contribution in [0.3, 0.4) is 0 Å². The molecule has 326 valence electrons. The van der Waals surface area contributed by atoms with Crippen molar-refractivity contribution in [2.24, 2.45) is 0 Å². The van der Waals surface area contributed by atoms with Crippen LogP contribution < -0.4 is 9.80 Å². The molecule has 69 heavy (non-hydrogen) atoms. The Morgan fingerprint density at radius 1 is 0.203 bits per heavy atom. The van der Waals surface area contributed by atoms with E-state index in [2.05, 4.69) is 289 Å². The Labute approximate surface area is 410 Å². The Balaban J connectivity index is 0.866. The van der Waals surface area contributed by atoms with Gasteiger partial charge in [-0.05, 0) is 58.7 Å². The van der Waals surface area contributed by atoms with Crippen LogP contribution in [-0.2, 0) is 0 Å². The van der Waals surface area contributed by atoms with E-state index in [0.717, 1.165) is 45.3 Å². The first-order chi connectivity index (χ1) is 34.2. The molecule has 12 rings (SSSR count). The Morgan fingerprint density at radius 2 is 0.478 bits per heavy atom. The number of rotatable bonds is 11. The Morgan fingerprint density at radius 3 is 0.826 bits per heavy atom. The zero-order valence-corrected chi connectivity index (χ0v) is 39.6. The van der Waals surface area contributed by atoms with E-state index in [1.165, 1.54) is 63.8 Å². The maximum absolute atomic E-state index is 2.37. The number of benzene rings is 11.